The topological polar surface area (TPSA) is 38.2 Å². The number of hydrogen-bond donors (Lipinski definition) is 0. The van der Waals surface area contributed by atoms with Gasteiger partial charge in [-0.2, -0.15) is 0 Å². The van der Waals surface area contributed by atoms with Crippen LogP contribution in [0.1, 0.15) is 18.5 Å². The minimum Gasteiger partial charge on any atom is -0.380 e. The number of anilines is 1. The van der Waals surface area contributed by atoms with Crippen LogP contribution in [0.2, 0.25) is 0 Å². The van der Waals surface area contributed by atoms with Gasteiger partial charge in [0.1, 0.15) is 5.82 Å². The first-order valence-electron chi connectivity index (χ1n) is 5.36. The van der Waals surface area contributed by atoms with E-state index in [1.54, 1.807) is 13.3 Å². The molecule has 4 nitrogen and oxygen atoms in total. The molecule has 1 fully saturated rings. The van der Waals surface area contributed by atoms with Crippen molar-refractivity contribution in [1.29, 1.82) is 0 Å². The fourth-order valence-electron chi connectivity index (χ4n) is 1.94. The third-order valence-electron chi connectivity index (χ3n) is 2.78. The second-order valence-electron chi connectivity index (χ2n) is 3.96. The normalized spacial score (nSPS) is 21.7. The first-order valence-corrected chi connectivity index (χ1v) is 5.36. The highest BCUT2D eigenvalue weighted by Crippen LogP contribution is 2.18. The fourth-order valence-corrected chi connectivity index (χ4v) is 1.94. The summed E-state index contributed by atoms with van der Waals surface area (Å²) in [5.41, 5.74) is 0.965. The number of methoxy groups -OCH3 is 1. The highest BCUT2D eigenvalue weighted by Gasteiger charge is 2.20. The second kappa shape index (κ2) is 4.57. The van der Waals surface area contributed by atoms with Crippen molar-refractivity contribution in [1.82, 2.24) is 9.97 Å². The van der Waals surface area contributed by atoms with Crippen LogP contribution < -0.4 is 4.90 Å². The molecule has 2 rings (SSSR count). The highest BCUT2D eigenvalue weighted by molar-refractivity contribution is 5.36. The lowest BCUT2D eigenvalue weighted by Gasteiger charge is -2.32. The Bertz CT molecular complexity index is 329. The van der Waals surface area contributed by atoms with E-state index < -0.39 is 0 Å². The molecule has 0 saturated carbocycles. The largest absolute Gasteiger partial charge is 0.380 e. The molecule has 1 aliphatic heterocycles. The fraction of sp³-hybridized carbons (Fsp3) is 0.636. The van der Waals surface area contributed by atoms with Crippen LogP contribution in [0.4, 0.5) is 5.82 Å². The molecule has 1 unspecified atom stereocenters. The molecule has 0 radical (unpaired) electrons. The number of rotatable bonds is 2. The molecule has 4 heteroatoms. The molecular formula is C11H17N3O. The summed E-state index contributed by atoms with van der Waals surface area (Å²) in [4.78, 5) is 10.9. The third-order valence-corrected chi connectivity index (χ3v) is 2.78. The van der Waals surface area contributed by atoms with Crippen molar-refractivity contribution >= 4 is 5.82 Å². The van der Waals surface area contributed by atoms with Gasteiger partial charge < -0.3 is 9.64 Å². The molecule has 0 aromatic carbocycles. The van der Waals surface area contributed by atoms with Crippen molar-refractivity contribution < 1.29 is 4.74 Å². The summed E-state index contributed by atoms with van der Waals surface area (Å²) in [6.07, 6.45) is 6.24. The van der Waals surface area contributed by atoms with Crippen LogP contribution in [0.25, 0.3) is 0 Å². The number of hydrogen-bond acceptors (Lipinski definition) is 4. The molecular weight excluding hydrogens is 190 g/mol. The van der Waals surface area contributed by atoms with E-state index in [4.69, 9.17) is 4.74 Å². The Morgan fingerprint density at radius 3 is 3.07 bits per heavy atom. The number of aromatic nitrogens is 2. The van der Waals surface area contributed by atoms with Crippen molar-refractivity contribution in [3.8, 4) is 0 Å². The van der Waals surface area contributed by atoms with Gasteiger partial charge in [0.25, 0.3) is 0 Å². The minimum absolute atomic E-state index is 0.334. The maximum atomic E-state index is 5.38. The van der Waals surface area contributed by atoms with E-state index in [1.165, 1.54) is 0 Å². The van der Waals surface area contributed by atoms with E-state index >= 15 is 0 Å². The summed E-state index contributed by atoms with van der Waals surface area (Å²) in [5.74, 6) is 0.969. The summed E-state index contributed by atoms with van der Waals surface area (Å²) in [6.45, 7) is 3.95. The van der Waals surface area contributed by atoms with Crippen LogP contribution in [0.5, 0.6) is 0 Å². The molecule has 0 amide bonds. The predicted molar refractivity (Wildman–Crippen MR) is 59.0 cm³/mol. The van der Waals surface area contributed by atoms with Crippen LogP contribution in [0.3, 0.4) is 0 Å². The molecule has 2 heterocycles. The smallest absolute Gasteiger partial charge is 0.147 e. The molecule has 15 heavy (non-hydrogen) atoms. The Labute approximate surface area is 90.3 Å². The summed E-state index contributed by atoms with van der Waals surface area (Å²) >= 11 is 0. The molecule has 0 aliphatic carbocycles. The molecule has 1 atom stereocenters. The Morgan fingerprint density at radius 2 is 2.33 bits per heavy atom. The number of aryl methyl sites for hydroxylation is 1. The zero-order chi connectivity index (χ0) is 10.7. The highest BCUT2D eigenvalue weighted by atomic mass is 16.5. The molecule has 1 aromatic rings. The lowest BCUT2D eigenvalue weighted by Crippen LogP contribution is -2.39. The Hall–Kier alpha value is -1.16. The van der Waals surface area contributed by atoms with Crippen LogP contribution >= 0.6 is 0 Å². The SMILES string of the molecule is COC1CCCN(c2cncc(C)n2)C1. The average molecular weight is 207 g/mol. The van der Waals surface area contributed by atoms with Gasteiger partial charge >= 0.3 is 0 Å². The van der Waals surface area contributed by atoms with E-state index in [2.05, 4.69) is 14.9 Å². The first kappa shape index (κ1) is 10.4. The summed E-state index contributed by atoms with van der Waals surface area (Å²) in [6, 6.07) is 0. The van der Waals surface area contributed by atoms with Crippen molar-refractivity contribution in [3.05, 3.63) is 18.1 Å². The Morgan fingerprint density at radius 1 is 1.47 bits per heavy atom. The number of ether oxygens (including phenoxy) is 1. The van der Waals surface area contributed by atoms with Crippen molar-refractivity contribution in [3.63, 3.8) is 0 Å². The van der Waals surface area contributed by atoms with Gasteiger partial charge in [0.05, 0.1) is 18.0 Å². The quantitative estimate of drug-likeness (QED) is 0.734. The summed E-state index contributed by atoms with van der Waals surface area (Å²) in [5, 5.41) is 0. The van der Waals surface area contributed by atoms with E-state index in [9.17, 15) is 0 Å². The zero-order valence-corrected chi connectivity index (χ0v) is 9.31. The van der Waals surface area contributed by atoms with E-state index in [0.29, 0.717) is 6.10 Å². The summed E-state index contributed by atoms with van der Waals surface area (Å²) < 4.78 is 5.38. The van der Waals surface area contributed by atoms with Crippen molar-refractivity contribution in [2.45, 2.75) is 25.9 Å². The van der Waals surface area contributed by atoms with Gasteiger partial charge in [0.15, 0.2) is 0 Å². The maximum absolute atomic E-state index is 5.38. The molecule has 0 spiro atoms. The monoisotopic (exact) mass is 207 g/mol. The van der Waals surface area contributed by atoms with Crippen molar-refractivity contribution in [2.24, 2.45) is 0 Å². The molecule has 1 aliphatic rings. The van der Waals surface area contributed by atoms with Gasteiger partial charge in [-0.3, -0.25) is 4.98 Å². The molecule has 82 valence electrons. The molecule has 1 aromatic heterocycles. The van der Waals surface area contributed by atoms with Gasteiger partial charge in [-0.15, -0.1) is 0 Å². The van der Waals surface area contributed by atoms with Crippen LogP contribution in [-0.4, -0.2) is 36.3 Å². The van der Waals surface area contributed by atoms with Crippen LogP contribution in [0.15, 0.2) is 12.4 Å². The van der Waals surface area contributed by atoms with Gasteiger partial charge in [0, 0.05) is 26.4 Å². The van der Waals surface area contributed by atoms with Crippen molar-refractivity contribution in [2.75, 3.05) is 25.1 Å². The standard InChI is InChI=1S/C11H17N3O/c1-9-6-12-7-11(13-9)14-5-3-4-10(8-14)15-2/h6-7,10H,3-5,8H2,1-2H3. The molecule has 0 bridgehead atoms. The van der Waals surface area contributed by atoms with E-state index in [0.717, 1.165) is 37.4 Å². The second-order valence-corrected chi connectivity index (χ2v) is 3.96. The number of nitrogens with zero attached hydrogens (tertiary/aromatic N) is 3. The summed E-state index contributed by atoms with van der Waals surface area (Å²) in [7, 11) is 1.77. The average Bonchev–Trinajstić information content (AvgIpc) is 2.29. The first-order chi connectivity index (χ1) is 7.29. The Balaban J connectivity index is 2.09. The van der Waals surface area contributed by atoms with E-state index in [1.807, 2.05) is 13.1 Å². The number of piperidine rings is 1. The predicted octanol–water partition coefficient (Wildman–Crippen LogP) is 1.40. The van der Waals surface area contributed by atoms with Crippen LogP contribution in [-0.2, 0) is 4.74 Å². The maximum Gasteiger partial charge on any atom is 0.147 e. The van der Waals surface area contributed by atoms with Crippen LogP contribution in [0, 0.1) is 6.92 Å². The lowest BCUT2D eigenvalue weighted by molar-refractivity contribution is 0.0891. The van der Waals surface area contributed by atoms with Gasteiger partial charge in [-0.1, -0.05) is 0 Å². The van der Waals surface area contributed by atoms with Gasteiger partial charge in [-0.05, 0) is 19.8 Å². The Kier molecular flexibility index (Phi) is 3.16. The van der Waals surface area contributed by atoms with Gasteiger partial charge in [0.2, 0.25) is 0 Å². The van der Waals surface area contributed by atoms with E-state index in [-0.39, 0.29) is 0 Å². The minimum atomic E-state index is 0.334. The lowest BCUT2D eigenvalue weighted by atomic mass is 10.1. The molecule has 1 saturated heterocycles. The molecule has 0 N–H and O–H groups in total. The van der Waals surface area contributed by atoms with Gasteiger partial charge in [-0.25, -0.2) is 4.98 Å². The zero-order valence-electron chi connectivity index (χ0n) is 9.31. The third kappa shape index (κ3) is 2.45.